The standard InChI is InChI=1S/C11H12N2O4/c1-6-2-3-7(5-14)9-12-4-8(11(16)17)10(15)13(6)9/h4-6,14H,2-3H2,1H3,(H,16,17). The van der Waals surface area contributed by atoms with E-state index in [0.717, 1.165) is 12.5 Å². The van der Waals surface area contributed by atoms with Crippen LogP contribution in [0.25, 0.3) is 5.57 Å². The van der Waals surface area contributed by atoms with Crippen LogP contribution in [0.1, 0.15) is 42.0 Å². The largest absolute Gasteiger partial charge is 0.515 e. The van der Waals surface area contributed by atoms with Gasteiger partial charge in [-0.05, 0) is 19.8 Å². The molecular formula is C11H12N2O4. The summed E-state index contributed by atoms with van der Waals surface area (Å²) in [5.74, 6) is -0.939. The van der Waals surface area contributed by atoms with Gasteiger partial charge in [0.15, 0.2) is 0 Å². The van der Waals surface area contributed by atoms with E-state index in [9.17, 15) is 9.59 Å². The monoisotopic (exact) mass is 236 g/mol. The van der Waals surface area contributed by atoms with Crippen LogP contribution in [0.15, 0.2) is 17.3 Å². The zero-order chi connectivity index (χ0) is 12.6. The third-order valence-corrected chi connectivity index (χ3v) is 2.94. The third kappa shape index (κ3) is 1.71. The number of carboxylic acid groups (broad SMARTS) is 1. The van der Waals surface area contributed by atoms with Crippen LogP contribution >= 0.6 is 0 Å². The number of nitrogens with zero attached hydrogens (tertiary/aromatic N) is 2. The number of aliphatic hydroxyl groups is 1. The van der Waals surface area contributed by atoms with Gasteiger partial charge in [0.1, 0.15) is 11.4 Å². The van der Waals surface area contributed by atoms with Crippen LogP contribution in [0.4, 0.5) is 0 Å². The van der Waals surface area contributed by atoms with E-state index in [4.69, 9.17) is 10.2 Å². The van der Waals surface area contributed by atoms with Crippen molar-refractivity contribution < 1.29 is 15.0 Å². The number of aliphatic hydroxyl groups excluding tert-OH is 1. The average molecular weight is 236 g/mol. The molecule has 0 fully saturated rings. The average Bonchev–Trinajstić information content (AvgIpc) is 2.29. The fourth-order valence-corrected chi connectivity index (χ4v) is 1.99. The van der Waals surface area contributed by atoms with Gasteiger partial charge >= 0.3 is 5.97 Å². The van der Waals surface area contributed by atoms with Crippen LogP contribution in [0.5, 0.6) is 0 Å². The minimum atomic E-state index is -1.29. The summed E-state index contributed by atoms with van der Waals surface area (Å²) in [6.07, 6.45) is 3.25. The lowest BCUT2D eigenvalue weighted by molar-refractivity contribution is 0.0693. The number of aromatic nitrogens is 2. The number of hydrogen-bond donors (Lipinski definition) is 2. The molecule has 0 amide bonds. The van der Waals surface area contributed by atoms with Gasteiger partial charge in [0.2, 0.25) is 0 Å². The molecule has 2 heterocycles. The molecule has 2 rings (SSSR count). The van der Waals surface area contributed by atoms with Gasteiger partial charge in [0, 0.05) is 17.8 Å². The van der Waals surface area contributed by atoms with Crippen LogP contribution in [0, 0.1) is 0 Å². The summed E-state index contributed by atoms with van der Waals surface area (Å²) >= 11 is 0. The number of fused-ring (bicyclic) bond motifs is 1. The van der Waals surface area contributed by atoms with Crippen molar-refractivity contribution in [2.24, 2.45) is 0 Å². The van der Waals surface area contributed by atoms with Crippen LogP contribution in [0.2, 0.25) is 0 Å². The summed E-state index contributed by atoms with van der Waals surface area (Å²) < 4.78 is 1.33. The Bertz CT molecular complexity index is 559. The van der Waals surface area contributed by atoms with Crippen molar-refractivity contribution in [1.29, 1.82) is 0 Å². The molecule has 1 aliphatic rings. The molecule has 6 nitrogen and oxygen atoms in total. The first-order valence-corrected chi connectivity index (χ1v) is 5.24. The van der Waals surface area contributed by atoms with Crippen molar-refractivity contribution >= 4 is 11.5 Å². The summed E-state index contributed by atoms with van der Waals surface area (Å²) in [6, 6.07) is -0.118. The van der Waals surface area contributed by atoms with E-state index in [-0.39, 0.29) is 11.6 Å². The normalized spacial score (nSPS) is 21.2. The number of allylic oxidation sites excluding steroid dienone is 1. The molecule has 1 atom stereocenters. The highest BCUT2D eigenvalue weighted by Gasteiger charge is 2.25. The maximum Gasteiger partial charge on any atom is 0.342 e. The molecule has 1 aliphatic heterocycles. The highest BCUT2D eigenvalue weighted by atomic mass is 16.4. The maximum absolute atomic E-state index is 12.0. The Hall–Kier alpha value is -2.11. The molecule has 0 aliphatic carbocycles. The summed E-state index contributed by atoms with van der Waals surface area (Å²) in [4.78, 5) is 26.8. The van der Waals surface area contributed by atoms with Crippen LogP contribution in [0.3, 0.4) is 0 Å². The number of hydrogen-bond acceptors (Lipinski definition) is 4. The second-order valence-electron chi connectivity index (χ2n) is 4.02. The first kappa shape index (κ1) is 11.4. The topological polar surface area (TPSA) is 92.4 Å². The van der Waals surface area contributed by atoms with E-state index in [1.54, 1.807) is 0 Å². The Morgan fingerprint density at radius 3 is 2.94 bits per heavy atom. The van der Waals surface area contributed by atoms with Crippen molar-refractivity contribution in [2.75, 3.05) is 0 Å². The van der Waals surface area contributed by atoms with Crippen LogP contribution < -0.4 is 5.56 Å². The molecule has 17 heavy (non-hydrogen) atoms. The Labute approximate surface area is 96.9 Å². The quantitative estimate of drug-likeness (QED) is 0.714. The molecule has 90 valence electrons. The predicted molar refractivity (Wildman–Crippen MR) is 60.0 cm³/mol. The molecule has 0 spiro atoms. The molecule has 6 heteroatoms. The highest BCUT2D eigenvalue weighted by Crippen LogP contribution is 2.29. The smallest absolute Gasteiger partial charge is 0.342 e. The van der Waals surface area contributed by atoms with E-state index in [1.807, 2.05) is 6.92 Å². The van der Waals surface area contributed by atoms with Gasteiger partial charge in [-0.15, -0.1) is 0 Å². The molecule has 0 aromatic carbocycles. The van der Waals surface area contributed by atoms with E-state index >= 15 is 0 Å². The Balaban J connectivity index is 2.73. The van der Waals surface area contributed by atoms with Crippen molar-refractivity contribution in [2.45, 2.75) is 25.8 Å². The predicted octanol–water partition coefficient (Wildman–Crippen LogP) is 1.20. The van der Waals surface area contributed by atoms with Crippen molar-refractivity contribution in [3.8, 4) is 0 Å². The summed E-state index contributed by atoms with van der Waals surface area (Å²) in [7, 11) is 0. The second kappa shape index (κ2) is 4.04. The molecule has 1 unspecified atom stereocenters. The second-order valence-corrected chi connectivity index (χ2v) is 4.02. The number of carboxylic acids is 1. The Kier molecular flexibility index (Phi) is 2.71. The number of aromatic carboxylic acids is 1. The first-order valence-electron chi connectivity index (χ1n) is 5.24. The SMILES string of the molecule is CC1CCC(=CO)c2ncc(C(=O)O)c(=O)n21. The summed E-state index contributed by atoms with van der Waals surface area (Å²) in [6.45, 7) is 1.83. The maximum atomic E-state index is 12.0. The molecule has 1 aromatic heterocycles. The van der Waals surface area contributed by atoms with E-state index in [2.05, 4.69) is 4.98 Å². The van der Waals surface area contributed by atoms with Crippen LogP contribution in [-0.4, -0.2) is 25.7 Å². The first-order chi connectivity index (χ1) is 8.06. The third-order valence-electron chi connectivity index (χ3n) is 2.94. The molecule has 2 N–H and O–H groups in total. The van der Waals surface area contributed by atoms with Crippen molar-refractivity contribution in [3.05, 3.63) is 34.2 Å². The zero-order valence-corrected chi connectivity index (χ0v) is 9.25. The van der Waals surface area contributed by atoms with Gasteiger partial charge in [-0.2, -0.15) is 0 Å². The molecule has 1 aromatic rings. The minimum Gasteiger partial charge on any atom is -0.515 e. The van der Waals surface area contributed by atoms with Gasteiger partial charge in [-0.25, -0.2) is 9.78 Å². The van der Waals surface area contributed by atoms with E-state index in [0.29, 0.717) is 24.2 Å². The summed E-state index contributed by atoms with van der Waals surface area (Å²) in [5, 5.41) is 17.9. The van der Waals surface area contributed by atoms with Gasteiger partial charge in [0.25, 0.3) is 5.56 Å². The number of rotatable bonds is 1. The fraction of sp³-hybridized carbons (Fsp3) is 0.364. The Morgan fingerprint density at radius 2 is 2.35 bits per heavy atom. The van der Waals surface area contributed by atoms with Crippen molar-refractivity contribution in [3.63, 3.8) is 0 Å². The molecule has 0 saturated carbocycles. The summed E-state index contributed by atoms with van der Waals surface area (Å²) in [5.41, 5.74) is -0.369. The van der Waals surface area contributed by atoms with Crippen molar-refractivity contribution in [1.82, 2.24) is 9.55 Å². The molecule has 0 saturated heterocycles. The van der Waals surface area contributed by atoms with Gasteiger partial charge in [-0.1, -0.05) is 0 Å². The fourth-order valence-electron chi connectivity index (χ4n) is 1.99. The van der Waals surface area contributed by atoms with E-state index in [1.165, 1.54) is 4.57 Å². The minimum absolute atomic E-state index is 0.118. The van der Waals surface area contributed by atoms with Gasteiger partial charge in [0.05, 0.1) is 6.26 Å². The number of carbonyl (C=O) groups is 1. The Morgan fingerprint density at radius 1 is 1.65 bits per heavy atom. The van der Waals surface area contributed by atoms with E-state index < -0.39 is 11.5 Å². The molecule has 0 radical (unpaired) electrons. The molecular weight excluding hydrogens is 224 g/mol. The highest BCUT2D eigenvalue weighted by molar-refractivity contribution is 5.86. The van der Waals surface area contributed by atoms with Crippen LogP contribution in [-0.2, 0) is 0 Å². The lowest BCUT2D eigenvalue weighted by Crippen LogP contribution is -2.34. The lowest BCUT2D eigenvalue weighted by Gasteiger charge is -2.25. The van der Waals surface area contributed by atoms with Gasteiger partial charge in [-0.3, -0.25) is 9.36 Å². The molecule has 0 bridgehead atoms. The van der Waals surface area contributed by atoms with Gasteiger partial charge < -0.3 is 10.2 Å². The lowest BCUT2D eigenvalue weighted by atomic mass is 10.0. The zero-order valence-electron chi connectivity index (χ0n) is 9.25.